The molecular weight excluding hydrogens is 353 g/mol. The largest absolute Gasteiger partial charge is 0.484 e. The highest BCUT2D eigenvalue weighted by atomic mass is 19.1. The third kappa shape index (κ3) is 3.77. The monoisotopic (exact) mass is 375 g/mol. The number of hydrogen-bond donors (Lipinski definition) is 0. The first-order valence-electron chi connectivity index (χ1n) is 9.50. The van der Waals surface area contributed by atoms with Gasteiger partial charge in [0.05, 0.1) is 0 Å². The van der Waals surface area contributed by atoms with Gasteiger partial charge in [-0.2, -0.15) is 0 Å². The lowest BCUT2D eigenvalue weighted by Gasteiger charge is -2.35. The first-order valence-corrected chi connectivity index (χ1v) is 9.50. The Kier molecular flexibility index (Phi) is 5.11. The molecule has 3 aromatic rings. The molecule has 0 bridgehead atoms. The Bertz CT molecular complexity index is 970. The maximum Gasteiger partial charge on any atom is 0.265 e. The summed E-state index contributed by atoms with van der Waals surface area (Å²) in [5.74, 6) is 0.264. The lowest BCUT2D eigenvalue weighted by Crippen LogP contribution is -2.44. The van der Waals surface area contributed by atoms with Crippen LogP contribution in [0.3, 0.4) is 0 Å². The van der Waals surface area contributed by atoms with Gasteiger partial charge in [0.15, 0.2) is 6.61 Å². The molecule has 0 aliphatic carbocycles. The van der Waals surface area contributed by atoms with Crippen LogP contribution < -0.4 is 9.64 Å². The first kappa shape index (κ1) is 18.2. The molecule has 0 fully saturated rings. The predicted molar refractivity (Wildman–Crippen MR) is 109 cm³/mol. The van der Waals surface area contributed by atoms with E-state index in [0.717, 1.165) is 35.2 Å². The summed E-state index contributed by atoms with van der Waals surface area (Å²) in [6, 6.07) is 22.5. The van der Waals surface area contributed by atoms with Crippen LogP contribution in [0.25, 0.3) is 11.1 Å². The van der Waals surface area contributed by atoms with E-state index in [-0.39, 0.29) is 24.4 Å². The number of carbonyl (C=O) groups is 1. The number of halogens is 1. The Morgan fingerprint density at radius 3 is 2.50 bits per heavy atom. The highest BCUT2D eigenvalue weighted by molar-refractivity contribution is 5.96. The average Bonchev–Trinajstić information content (AvgIpc) is 2.73. The molecule has 0 unspecified atom stereocenters. The van der Waals surface area contributed by atoms with E-state index in [1.165, 1.54) is 12.1 Å². The van der Waals surface area contributed by atoms with Crippen LogP contribution in [-0.2, 0) is 11.2 Å². The van der Waals surface area contributed by atoms with Crippen LogP contribution in [0.15, 0.2) is 72.8 Å². The van der Waals surface area contributed by atoms with Crippen LogP contribution in [0, 0.1) is 5.82 Å². The van der Waals surface area contributed by atoms with Gasteiger partial charge in [0.1, 0.15) is 11.6 Å². The summed E-state index contributed by atoms with van der Waals surface area (Å²) in [5, 5.41) is 0. The van der Waals surface area contributed by atoms with Crippen molar-refractivity contribution in [2.45, 2.75) is 25.8 Å². The van der Waals surface area contributed by atoms with Gasteiger partial charge in [-0.3, -0.25) is 4.79 Å². The molecule has 4 rings (SSSR count). The van der Waals surface area contributed by atoms with Gasteiger partial charge in [0.2, 0.25) is 0 Å². The van der Waals surface area contributed by atoms with Gasteiger partial charge in [0, 0.05) is 11.7 Å². The molecule has 3 aromatic carbocycles. The van der Waals surface area contributed by atoms with Crippen LogP contribution >= 0.6 is 0 Å². The molecule has 28 heavy (non-hydrogen) atoms. The van der Waals surface area contributed by atoms with Crippen molar-refractivity contribution < 1.29 is 13.9 Å². The van der Waals surface area contributed by atoms with Crippen LogP contribution in [0.4, 0.5) is 10.1 Å². The molecule has 1 amide bonds. The number of fused-ring (bicyclic) bond motifs is 1. The molecule has 142 valence electrons. The van der Waals surface area contributed by atoms with Gasteiger partial charge in [0.25, 0.3) is 5.91 Å². The summed E-state index contributed by atoms with van der Waals surface area (Å²) in [5.41, 5.74) is 3.89. The molecule has 4 heteroatoms. The van der Waals surface area contributed by atoms with Gasteiger partial charge < -0.3 is 9.64 Å². The number of ether oxygens (including phenoxy) is 1. The van der Waals surface area contributed by atoms with Gasteiger partial charge in [-0.15, -0.1) is 0 Å². The van der Waals surface area contributed by atoms with Crippen molar-refractivity contribution in [3.05, 3.63) is 84.2 Å². The second-order valence-corrected chi connectivity index (χ2v) is 7.10. The molecule has 1 aliphatic rings. The number of rotatable bonds is 4. The SMILES string of the molecule is C[C@H]1CCc2cc(F)ccc2N1C(=O)COc1ccc(-c2ccccc2)cc1. The van der Waals surface area contributed by atoms with Gasteiger partial charge in [-0.05, 0) is 66.8 Å². The number of anilines is 1. The Morgan fingerprint density at radius 1 is 1.04 bits per heavy atom. The maximum atomic E-state index is 13.5. The molecular formula is C24H22FNO2. The van der Waals surface area contributed by atoms with Crippen LogP contribution in [-0.4, -0.2) is 18.6 Å². The fraction of sp³-hybridized carbons (Fsp3) is 0.208. The number of hydrogen-bond acceptors (Lipinski definition) is 2. The minimum Gasteiger partial charge on any atom is -0.484 e. The third-order valence-electron chi connectivity index (χ3n) is 5.17. The van der Waals surface area contributed by atoms with Crippen LogP contribution in [0.1, 0.15) is 18.9 Å². The van der Waals surface area contributed by atoms with Crippen molar-refractivity contribution in [2.24, 2.45) is 0 Å². The standard InChI is InChI=1S/C24H22FNO2/c1-17-7-8-20-15-21(25)11-14-23(20)26(17)24(27)16-28-22-12-9-19(10-13-22)18-5-3-2-4-6-18/h2-6,9-15,17H,7-8,16H2,1H3/t17-/m0/s1. The van der Waals surface area contributed by atoms with E-state index >= 15 is 0 Å². The fourth-order valence-corrected chi connectivity index (χ4v) is 3.69. The molecule has 1 heterocycles. The van der Waals surface area contributed by atoms with Gasteiger partial charge in [-0.1, -0.05) is 42.5 Å². The third-order valence-corrected chi connectivity index (χ3v) is 5.17. The summed E-state index contributed by atoms with van der Waals surface area (Å²) in [6.45, 7) is 1.96. The number of carbonyl (C=O) groups excluding carboxylic acids is 1. The lowest BCUT2D eigenvalue weighted by molar-refractivity contribution is -0.121. The molecule has 0 N–H and O–H groups in total. The molecule has 0 aromatic heterocycles. The minimum atomic E-state index is -0.268. The number of aryl methyl sites for hydroxylation is 1. The zero-order valence-corrected chi connectivity index (χ0v) is 15.8. The topological polar surface area (TPSA) is 29.5 Å². The molecule has 0 spiro atoms. The molecule has 1 aliphatic heterocycles. The summed E-state index contributed by atoms with van der Waals surface area (Å²) < 4.78 is 19.3. The van der Waals surface area contributed by atoms with Crippen molar-refractivity contribution in [1.82, 2.24) is 0 Å². The summed E-state index contributed by atoms with van der Waals surface area (Å²) in [7, 11) is 0. The Labute approximate surface area is 164 Å². The average molecular weight is 375 g/mol. The van der Waals surface area contributed by atoms with Crippen molar-refractivity contribution in [2.75, 3.05) is 11.5 Å². The minimum absolute atomic E-state index is 0.0498. The second kappa shape index (κ2) is 7.85. The first-order chi connectivity index (χ1) is 13.6. The zero-order valence-electron chi connectivity index (χ0n) is 15.8. The molecule has 0 saturated carbocycles. The lowest BCUT2D eigenvalue weighted by atomic mass is 9.96. The van der Waals surface area contributed by atoms with Gasteiger partial charge in [-0.25, -0.2) is 4.39 Å². The van der Waals surface area contributed by atoms with Crippen LogP contribution in [0.5, 0.6) is 5.75 Å². The van der Waals surface area contributed by atoms with Crippen molar-refractivity contribution in [3.63, 3.8) is 0 Å². The second-order valence-electron chi connectivity index (χ2n) is 7.10. The number of nitrogens with zero attached hydrogens (tertiary/aromatic N) is 1. The van der Waals surface area contributed by atoms with E-state index in [1.54, 1.807) is 11.0 Å². The fourth-order valence-electron chi connectivity index (χ4n) is 3.69. The molecule has 0 saturated heterocycles. The zero-order chi connectivity index (χ0) is 19.5. The predicted octanol–water partition coefficient (Wildman–Crippen LogP) is 5.24. The van der Waals surface area contributed by atoms with E-state index in [0.29, 0.717) is 5.75 Å². The van der Waals surface area contributed by atoms with Crippen molar-refractivity contribution in [3.8, 4) is 16.9 Å². The van der Waals surface area contributed by atoms with E-state index < -0.39 is 0 Å². The smallest absolute Gasteiger partial charge is 0.265 e. The van der Waals surface area contributed by atoms with E-state index in [9.17, 15) is 9.18 Å². The van der Waals surface area contributed by atoms with E-state index in [4.69, 9.17) is 4.74 Å². The van der Waals surface area contributed by atoms with Crippen molar-refractivity contribution >= 4 is 11.6 Å². The Morgan fingerprint density at radius 2 is 1.75 bits per heavy atom. The number of benzene rings is 3. The van der Waals surface area contributed by atoms with Gasteiger partial charge >= 0.3 is 0 Å². The summed E-state index contributed by atoms with van der Waals surface area (Å²) in [4.78, 5) is 14.6. The summed E-state index contributed by atoms with van der Waals surface area (Å²) >= 11 is 0. The van der Waals surface area contributed by atoms with E-state index in [2.05, 4.69) is 12.1 Å². The molecule has 1 atom stereocenters. The maximum absolute atomic E-state index is 13.5. The highest BCUT2D eigenvalue weighted by Crippen LogP contribution is 2.31. The van der Waals surface area contributed by atoms with Crippen molar-refractivity contribution in [1.29, 1.82) is 0 Å². The molecule has 3 nitrogen and oxygen atoms in total. The number of amides is 1. The highest BCUT2D eigenvalue weighted by Gasteiger charge is 2.28. The summed E-state index contributed by atoms with van der Waals surface area (Å²) in [6.07, 6.45) is 1.59. The Balaban J connectivity index is 1.45. The van der Waals surface area contributed by atoms with Crippen LogP contribution in [0.2, 0.25) is 0 Å². The molecule has 0 radical (unpaired) electrons. The Hall–Kier alpha value is -3.14. The normalized spacial score (nSPS) is 15.8. The quantitative estimate of drug-likeness (QED) is 0.624. The van der Waals surface area contributed by atoms with E-state index in [1.807, 2.05) is 49.4 Å².